The van der Waals surface area contributed by atoms with Crippen LogP contribution < -0.4 is 0 Å². The molecular weight excluding hydrogens is 162 g/mol. The zero-order chi connectivity index (χ0) is 9.68. The second-order valence-corrected chi connectivity index (χ2v) is 3.56. The third-order valence-corrected chi connectivity index (χ3v) is 2.06. The summed E-state index contributed by atoms with van der Waals surface area (Å²) in [6.45, 7) is 12.5. The Morgan fingerprint density at radius 3 is 1.85 bits per heavy atom. The Morgan fingerprint density at radius 2 is 1.46 bits per heavy atom. The first-order chi connectivity index (χ1) is 6.26. The summed E-state index contributed by atoms with van der Waals surface area (Å²) in [5.41, 5.74) is 0. The van der Waals surface area contributed by atoms with Crippen LogP contribution in [-0.4, -0.2) is 54.8 Å². The van der Waals surface area contributed by atoms with Crippen LogP contribution in [0.3, 0.4) is 0 Å². The van der Waals surface area contributed by atoms with Crippen molar-refractivity contribution in [2.75, 3.05) is 40.1 Å². The SMILES string of the molecule is C=CCN1CN(C)CN(CC=C)C1. The maximum absolute atomic E-state index is 3.75. The summed E-state index contributed by atoms with van der Waals surface area (Å²) < 4.78 is 0. The molecule has 1 rings (SSSR count). The van der Waals surface area contributed by atoms with Crippen molar-refractivity contribution in [3.8, 4) is 0 Å². The number of rotatable bonds is 4. The van der Waals surface area contributed by atoms with Crippen LogP contribution >= 0.6 is 0 Å². The van der Waals surface area contributed by atoms with Gasteiger partial charge in [-0.2, -0.15) is 0 Å². The predicted octanol–water partition coefficient (Wildman–Crippen LogP) is 0.780. The van der Waals surface area contributed by atoms with Gasteiger partial charge in [0.15, 0.2) is 0 Å². The summed E-state index contributed by atoms with van der Waals surface area (Å²) in [4.78, 5) is 6.98. The fraction of sp³-hybridized carbons (Fsp3) is 0.600. The molecule has 0 spiro atoms. The standard InChI is InChI=1S/C10H19N3/c1-4-6-12-8-11(3)9-13(10-12)7-5-2/h4-5H,1-2,6-10H2,3H3. The van der Waals surface area contributed by atoms with Gasteiger partial charge in [0, 0.05) is 13.1 Å². The summed E-state index contributed by atoms with van der Waals surface area (Å²) in [6, 6.07) is 0. The molecule has 0 aliphatic carbocycles. The van der Waals surface area contributed by atoms with Crippen molar-refractivity contribution in [1.29, 1.82) is 0 Å². The molecule has 3 heteroatoms. The first-order valence-corrected chi connectivity index (χ1v) is 4.61. The minimum absolute atomic E-state index is 0.956. The van der Waals surface area contributed by atoms with Gasteiger partial charge in [0.05, 0.1) is 20.0 Å². The fourth-order valence-electron chi connectivity index (χ4n) is 1.70. The average molecular weight is 181 g/mol. The molecule has 0 aromatic carbocycles. The highest BCUT2D eigenvalue weighted by Gasteiger charge is 2.18. The maximum atomic E-state index is 3.75. The molecule has 1 saturated heterocycles. The molecule has 0 unspecified atom stereocenters. The maximum Gasteiger partial charge on any atom is 0.0536 e. The van der Waals surface area contributed by atoms with Crippen LogP contribution in [0.4, 0.5) is 0 Å². The Labute approximate surface area is 80.9 Å². The van der Waals surface area contributed by atoms with Crippen molar-refractivity contribution in [3.05, 3.63) is 25.3 Å². The molecule has 1 fully saturated rings. The van der Waals surface area contributed by atoms with E-state index in [1.54, 1.807) is 0 Å². The molecule has 3 nitrogen and oxygen atoms in total. The average Bonchev–Trinajstić information content (AvgIpc) is 2.04. The highest BCUT2D eigenvalue weighted by molar-refractivity contribution is 4.79. The van der Waals surface area contributed by atoms with Gasteiger partial charge < -0.3 is 0 Å². The molecule has 0 aromatic rings. The van der Waals surface area contributed by atoms with E-state index < -0.39 is 0 Å². The highest BCUT2D eigenvalue weighted by Crippen LogP contribution is 2.04. The molecule has 1 aliphatic rings. The van der Waals surface area contributed by atoms with Crippen molar-refractivity contribution in [2.45, 2.75) is 0 Å². The molecular formula is C10H19N3. The normalized spacial score (nSPS) is 21.6. The van der Waals surface area contributed by atoms with Crippen LogP contribution in [0.2, 0.25) is 0 Å². The minimum Gasteiger partial charge on any atom is -0.280 e. The zero-order valence-electron chi connectivity index (χ0n) is 8.45. The highest BCUT2D eigenvalue weighted by atomic mass is 15.5. The summed E-state index contributed by atoms with van der Waals surface area (Å²) in [7, 11) is 2.13. The Kier molecular flexibility index (Phi) is 4.15. The van der Waals surface area contributed by atoms with Gasteiger partial charge in [0.25, 0.3) is 0 Å². The van der Waals surface area contributed by atoms with E-state index in [-0.39, 0.29) is 0 Å². The monoisotopic (exact) mass is 181 g/mol. The van der Waals surface area contributed by atoms with E-state index in [1.807, 2.05) is 12.2 Å². The van der Waals surface area contributed by atoms with E-state index in [0.29, 0.717) is 0 Å². The van der Waals surface area contributed by atoms with Gasteiger partial charge in [-0.15, -0.1) is 13.2 Å². The van der Waals surface area contributed by atoms with E-state index in [0.717, 1.165) is 33.1 Å². The zero-order valence-corrected chi connectivity index (χ0v) is 8.45. The van der Waals surface area contributed by atoms with Crippen molar-refractivity contribution in [2.24, 2.45) is 0 Å². The van der Waals surface area contributed by atoms with Gasteiger partial charge in [-0.05, 0) is 7.05 Å². The van der Waals surface area contributed by atoms with Crippen LogP contribution in [0, 0.1) is 0 Å². The molecule has 13 heavy (non-hydrogen) atoms. The number of hydrogen-bond donors (Lipinski definition) is 0. The van der Waals surface area contributed by atoms with E-state index in [1.165, 1.54) is 0 Å². The predicted molar refractivity (Wildman–Crippen MR) is 56.2 cm³/mol. The topological polar surface area (TPSA) is 9.72 Å². The van der Waals surface area contributed by atoms with Crippen molar-refractivity contribution in [1.82, 2.24) is 14.7 Å². The van der Waals surface area contributed by atoms with Gasteiger partial charge in [0.1, 0.15) is 0 Å². The molecule has 0 atom stereocenters. The molecule has 0 amide bonds. The molecule has 0 saturated carbocycles. The van der Waals surface area contributed by atoms with Crippen molar-refractivity contribution >= 4 is 0 Å². The summed E-state index contributed by atoms with van der Waals surface area (Å²) in [5, 5.41) is 0. The Hall–Kier alpha value is -0.640. The van der Waals surface area contributed by atoms with Crippen LogP contribution in [0.5, 0.6) is 0 Å². The second kappa shape index (κ2) is 5.17. The van der Waals surface area contributed by atoms with Gasteiger partial charge in [0.2, 0.25) is 0 Å². The molecule has 1 aliphatic heterocycles. The summed E-state index contributed by atoms with van der Waals surface area (Å²) >= 11 is 0. The quantitative estimate of drug-likeness (QED) is 0.593. The largest absolute Gasteiger partial charge is 0.280 e. The molecule has 0 radical (unpaired) electrons. The van der Waals surface area contributed by atoms with Gasteiger partial charge in [-0.3, -0.25) is 14.7 Å². The lowest BCUT2D eigenvalue weighted by molar-refractivity contribution is -0.00281. The lowest BCUT2D eigenvalue weighted by atomic mass is 10.4. The number of nitrogens with zero attached hydrogens (tertiary/aromatic N) is 3. The van der Waals surface area contributed by atoms with E-state index >= 15 is 0 Å². The van der Waals surface area contributed by atoms with Crippen LogP contribution in [0.25, 0.3) is 0 Å². The second-order valence-electron chi connectivity index (χ2n) is 3.56. The molecule has 0 aromatic heterocycles. The van der Waals surface area contributed by atoms with Crippen LogP contribution in [-0.2, 0) is 0 Å². The van der Waals surface area contributed by atoms with Crippen LogP contribution in [0.1, 0.15) is 0 Å². The van der Waals surface area contributed by atoms with Crippen molar-refractivity contribution in [3.63, 3.8) is 0 Å². The Morgan fingerprint density at radius 1 is 1.00 bits per heavy atom. The summed E-state index contributed by atoms with van der Waals surface area (Å²) in [6.07, 6.45) is 3.90. The smallest absolute Gasteiger partial charge is 0.0536 e. The summed E-state index contributed by atoms with van der Waals surface area (Å²) in [5.74, 6) is 0. The van der Waals surface area contributed by atoms with E-state index in [2.05, 4.69) is 34.9 Å². The van der Waals surface area contributed by atoms with Crippen molar-refractivity contribution < 1.29 is 0 Å². The molecule has 74 valence electrons. The van der Waals surface area contributed by atoms with E-state index in [4.69, 9.17) is 0 Å². The van der Waals surface area contributed by atoms with E-state index in [9.17, 15) is 0 Å². The first kappa shape index (κ1) is 10.4. The third kappa shape index (κ3) is 3.30. The molecule has 0 N–H and O–H groups in total. The number of hydrogen-bond acceptors (Lipinski definition) is 3. The lowest BCUT2D eigenvalue weighted by Gasteiger charge is -2.39. The van der Waals surface area contributed by atoms with Crippen LogP contribution in [0.15, 0.2) is 25.3 Å². The third-order valence-electron chi connectivity index (χ3n) is 2.06. The van der Waals surface area contributed by atoms with Gasteiger partial charge >= 0.3 is 0 Å². The molecule has 0 bridgehead atoms. The fourth-order valence-corrected chi connectivity index (χ4v) is 1.70. The lowest BCUT2D eigenvalue weighted by Crippen LogP contribution is -2.53. The minimum atomic E-state index is 0.956. The first-order valence-electron chi connectivity index (χ1n) is 4.61. The Balaban J connectivity index is 2.41. The molecule has 1 heterocycles. The van der Waals surface area contributed by atoms with Gasteiger partial charge in [-0.25, -0.2) is 0 Å². The van der Waals surface area contributed by atoms with Gasteiger partial charge in [-0.1, -0.05) is 12.2 Å². The Bertz CT molecular complexity index is 161.